The fourth-order valence-electron chi connectivity index (χ4n) is 2.08. The number of carbonyl (C=O) groups is 2. The Morgan fingerprint density at radius 1 is 1.47 bits per heavy atom. The van der Waals surface area contributed by atoms with Crippen molar-refractivity contribution in [3.63, 3.8) is 0 Å². The van der Waals surface area contributed by atoms with Crippen molar-refractivity contribution in [1.29, 1.82) is 0 Å². The Kier molecular flexibility index (Phi) is 2.85. The van der Waals surface area contributed by atoms with Crippen LogP contribution in [-0.4, -0.2) is 29.1 Å². The van der Waals surface area contributed by atoms with Gasteiger partial charge in [0.15, 0.2) is 0 Å². The van der Waals surface area contributed by atoms with Crippen LogP contribution in [0.1, 0.15) is 12.5 Å². The Morgan fingerprint density at radius 3 is 2.71 bits per heavy atom. The molecule has 0 spiro atoms. The van der Waals surface area contributed by atoms with Crippen LogP contribution >= 0.6 is 0 Å². The number of carboxylic acids is 1. The van der Waals surface area contributed by atoms with Gasteiger partial charge in [0.2, 0.25) is 5.91 Å². The lowest BCUT2D eigenvalue weighted by atomic mass is 10.1. The molecule has 1 amide bonds. The van der Waals surface area contributed by atoms with Crippen molar-refractivity contribution in [3.05, 3.63) is 29.8 Å². The van der Waals surface area contributed by atoms with Gasteiger partial charge in [0.05, 0.1) is 6.04 Å². The van der Waals surface area contributed by atoms with E-state index < -0.39 is 18.1 Å². The highest BCUT2D eigenvalue weighted by Crippen LogP contribution is 2.32. The molecule has 0 bridgehead atoms. The van der Waals surface area contributed by atoms with Crippen LogP contribution in [0.3, 0.4) is 0 Å². The van der Waals surface area contributed by atoms with E-state index in [0.29, 0.717) is 12.1 Å². The van der Waals surface area contributed by atoms with E-state index >= 15 is 0 Å². The number of carboxylic acid groups (broad SMARTS) is 1. The summed E-state index contributed by atoms with van der Waals surface area (Å²) >= 11 is 0. The van der Waals surface area contributed by atoms with Crippen molar-refractivity contribution in [3.8, 4) is 0 Å². The molecule has 2 unspecified atom stereocenters. The van der Waals surface area contributed by atoms with Crippen LogP contribution < -0.4 is 10.6 Å². The molecule has 17 heavy (non-hydrogen) atoms. The highest BCUT2D eigenvalue weighted by Gasteiger charge is 2.38. The Hall–Kier alpha value is -1.88. The predicted molar refractivity (Wildman–Crippen MR) is 62.7 cm³/mol. The van der Waals surface area contributed by atoms with Crippen molar-refractivity contribution in [2.24, 2.45) is 5.73 Å². The monoisotopic (exact) mass is 234 g/mol. The molecular formula is C12H14N2O3. The summed E-state index contributed by atoms with van der Waals surface area (Å²) < 4.78 is 0. The topological polar surface area (TPSA) is 83.6 Å². The van der Waals surface area contributed by atoms with Gasteiger partial charge in [-0.2, -0.15) is 0 Å². The van der Waals surface area contributed by atoms with Gasteiger partial charge in [0, 0.05) is 12.1 Å². The van der Waals surface area contributed by atoms with Crippen molar-refractivity contribution >= 4 is 17.6 Å². The van der Waals surface area contributed by atoms with Gasteiger partial charge in [-0.3, -0.25) is 9.69 Å². The molecule has 0 aliphatic carbocycles. The molecule has 2 rings (SSSR count). The maximum atomic E-state index is 12.0. The fourth-order valence-corrected chi connectivity index (χ4v) is 2.08. The van der Waals surface area contributed by atoms with Gasteiger partial charge in [0.25, 0.3) is 0 Å². The third kappa shape index (κ3) is 1.89. The molecular weight excluding hydrogens is 220 g/mol. The minimum atomic E-state index is -1.00. The number of amides is 1. The molecule has 0 fully saturated rings. The van der Waals surface area contributed by atoms with Crippen molar-refractivity contribution in [1.82, 2.24) is 0 Å². The Balaban J connectivity index is 2.44. The van der Waals surface area contributed by atoms with Gasteiger partial charge in [-0.25, -0.2) is 4.79 Å². The van der Waals surface area contributed by atoms with E-state index in [0.717, 1.165) is 5.56 Å². The average Bonchev–Trinajstić information content (AvgIpc) is 2.67. The normalized spacial score (nSPS) is 19.9. The molecule has 5 heteroatoms. The zero-order valence-electron chi connectivity index (χ0n) is 9.46. The summed E-state index contributed by atoms with van der Waals surface area (Å²) in [4.78, 5) is 24.4. The molecule has 0 saturated carbocycles. The lowest BCUT2D eigenvalue weighted by molar-refractivity contribution is -0.140. The molecule has 2 atom stereocenters. The van der Waals surface area contributed by atoms with Crippen LogP contribution in [0.4, 0.5) is 5.69 Å². The van der Waals surface area contributed by atoms with Gasteiger partial charge in [-0.05, 0) is 18.6 Å². The van der Waals surface area contributed by atoms with Crippen LogP contribution in [0.5, 0.6) is 0 Å². The summed E-state index contributed by atoms with van der Waals surface area (Å²) in [5.41, 5.74) is 7.08. The maximum Gasteiger partial charge on any atom is 0.327 e. The predicted octanol–water partition coefficient (Wildman–Crippen LogP) is 0.376. The highest BCUT2D eigenvalue weighted by atomic mass is 16.4. The second-order valence-electron chi connectivity index (χ2n) is 4.18. The third-order valence-electron chi connectivity index (χ3n) is 2.89. The summed E-state index contributed by atoms with van der Waals surface area (Å²) in [6.07, 6.45) is 0.337. The van der Waals surface area contributed by atoms with E-state index in [-0.39, 0.29) is 5.91 Å². The summed E-state index contributed by atoms with van der Waals surface area (Å²) in [6.45, 7) is 1.56. The molecule has 0 radical (unpaired) electrons. The number of carbonyl (C=O) groups excluding carboxylic acids is 1. The van der Waals surface area contributed by atoms with E-state index in [2.05, 4.69) is 0 Å². The van der Waals surface area contributed by atoms with Gasteiger partial charge < -0.3 is 10.8 Å². The first kappa shape index (κ1) is 11.6. The van der Waals surface area contributed by atoms with Gasteiger partial charge >= 0.3 is 5.97 Å². The van der Waals surface area contributed by atoms with Crippen LogP contribution in [0.25, 0.3) is 0 Å². The maximum absolute atomic E-state index is 12.0. The first-order valence-corrected chi connectivity index (χ1v) is 5.41. The Morgan fingerprint density at radius 2 is 2.12 bits per heavy atom. The second kappa shape index (κ2) is 4.18. The first-order valence-electron chi connectivity index (χ1n) is 5.41. The van der Waals surface area contributed by atoms with Crippen LogP contribution in [0.2, 0.25) is 0 Å². The lowest BCUT2D eigenvalue weighted by Gasteiger charge is -2.24. The number of para-hydroxylation sites is 1. The van der Waals surface area contributed by atoms with Gasteiger partial charge in [-0.15, -0.1) is 0 Å². The van der Waals surface area contributed by atoms with Crippen molar-refractivity contribution < 1.29 is 14.7 Å². The number of benzene rings is 1. The van der Waals surface area contributed by atoms with Crippen LogP contribution in [0, 0.1) is 0 Å². The summed E-state index contributed by atoms with van der Waals surface area (Å²) in [7, 11) is 0. The lowest BCUT2D eigenvalue weighted by Crippen LogP contribution is -2.49. The first-order chi connectivity index (χ1) is 8.02. The largest absolute Gasteiger partial charge is 0.480 e. The molecule has 90 valence electrons. The standard InChI is InChI=1S/C12H14N2O3/c1-7(13)11(15)14-9-5-3-2-4-8(9)6-10(14)12(16)17/h2-5,7,10H,6,13H2,1H3,(H,16,17). The van der Waals surface area contributed by atoms with Crippen molar-refractivity contribution in [2.45, 2.75) is 25.4 Å². The highest BCUT2D eigenvalue weighted by molar-refractivity contribution is 6.04. The molecule has 0 aromatic heterocycles. The summed E-state index contributed by atoms with van der Waals surface area (Å²) in [6, 6.07) is 5.65. The fraction of sp³-hybridized carbons (Fsp3) is 0.333. The van der Waals surface area contributed by atoms with E-state index in [1.807, 2.05) is 12.1 Å². The van der Waals surface area contributed by atoms with Gasteiger partial charge in [-0.1, -0.05) is 18.2 Å². The Labute approximate surface area is 98.8 Å². The van der Waals surface area contributed by atoms with Crippen molar-refractivity contribution in [2.75, 3.05) is 4.90 Å². The number of fused-ring (bicyclic) bond motifs is 1. The number of rotatable bonds is 2. The second-order valence-corrected chi connectivity index (χ2v) is 4.18. The SMILES string of the molecule is CC(N)C(=O)N1c2ccccc2CC1C(=O)O. The molecule has 1 aromatic rings. The van der Waals surface area contributed by atoms with E-state index in [1.54, 1.807) is 19.1 Å². The number of nitrogens with zero attached hydrogens (tertiary/aromatic N) is 1. The zero-order valence-corrected chi connectivity index (χ0v) is 9.46. The van der Waals surface area contributed by atoms with Crippen LogP contribution in [0.15, 0.2) is 24.3 Å². The number of anilines is 1. The number of nitrogens with two attached hydrogens (primary N) is 1. The van der Waals surface area contributed by atoms with E-state index in [1.165, 1.54) is 4.90 Å². The molecule has 1 aliphatic rings. The summed E-state index contributed by atoms with van der Waals surface area (Å²) in [5.74, 6) is -1.36. The Bertz CT molecular complexity index is 471. The molecule has 1 aromatic carbocycles. The molecule has 1 heterocycles. The van der Waals surface area contributed by atoms with E-state index in [9.17, 15) is 9.59 Å². The summed E-state index contributed by atoms with van der Waals surface area (Å²) in [5, 5.41) is 9.15. The minimum absolute atomic E-state index is 0.337. The molecule has 5 nitrogen and oxygen atoms in total. The smallest absolute Gasteiger partial charge is 0.327 e. The molecule has 0 saturated heterocycles. The minimum Gasteiger partial charge on any atom is -0.480 e. The molecule has 1 aliphatic heterocycles. The number of aliphatic carboxylic acids is 1. The van der Waals surface area contributed by atoms with Crippen LogP contribution in [-0.2, 0) is 16.0 Å². The average molecular weight is 234 g/mol. The number of hydrogen-bond donors (Lipinski definition) is 2. The quantitative estimate of drug-likeness (QED) is 0.774. The third-order valence-corrected chi connectivity index (χ3v) is 2.89. The van der Waals surface area contributed by atoms with E-state index in [4.69, 9.17) is 10.8 Å². The van der Waals surface area contributed by atoms with Gasteiger partial charge in [0.1, 0.15) is 6.04 Å². The zero-order chi connectivity index (χ0) is 12.6. The number of hydrogen-bond acceptors (Lipinski definition) is 3. The molecule has 3 N–H and O–H groups in total.